The minimum Gasteiger partial charge on any atom is -0.480 e. The molecule has 16 heavy (non-hydrogen) atoms. The monoisotopic (exact) mass is 244 g/mol. The number of sulfonamides is 1. The molecular formula is C9H12N2O4S. The van der Waals surface area contributed by atoms with E-state index in [2.05, 4.69) is 9.71 Å². The Morgan fingerprint density at radius 1 is 1.44 bits per heavy atom. The van der Waals surface area contributed by atoms with E-state index in [0.717, 1.165) is 5.56 Å². The van der Waals surface area contributed by atoms with Gasteiger partial charge < -0.3 is 5.11 Å². The fourth-order valence-electron chi connectivity index (χ4n) is 1.25. The van der Waals surface area contributed by atoms with Crippen molar-refractivity contribution in [3.8, 4) is 0 Å². The first-order valence-electron chi connectivity index (χ1n) is 4.46. The van der Waals surface area contributed by atoms with Crippen molar-refractivity contribution >= 4 is 21.8 Å². The molecule has 0 amide bonds. The predicted molar refractivity (Wildman–Crippen MR) is 58.8 cm³/mol. The number of anilines is 1. The van der Waals surface area contributed by atoms with Crippen molar-refractivity contribution in [3.05, 3.63) is 23.4 Å². The number of nitrogens with zero attached hydrogens (tertiary/aromatic N) is 1. The maximum atomic E-state index is 11.3. The number of pyridine rings is 1. The number of aromatic nitrogens is 1. The summed E-state index contributed by atoms with van der Waals surface area (Å²) in [6.45, 7) is 3.52. The second-order valence-corrected chi connectivity index (χ2v) is 5.15. The van der Waals surface area contributed by atoms with Gasteiger partial charge >= 0.3 is 5.97 Å². The van der Waals surface area contributed by atoms with E-state index in [0.29, 0.717) is 5.69 Å². The van der Waals surface area contributed by atoms with Crippen molar-refractivity contribution in [2.45, 2.75) is 13.8 Å². The smallest absolute Gasteiger partial charge is 0.320 e. The molecule has 1 rings (SSSR count). The fraction of sp³-hybridized carbons (Fsp3) is 0.333. The van der Waals surface area contributed by atoms with Crippen LogP contribution in [0.4, 0.5) is 5.82 Å². The van der Waals surface area contributed by atoms with Crippen molar-refractivity contribution in [2.75, 3.05) is 10.5 Å². The summed E-state index contributed by atoms with van der Waals surface area (Å²) in [6, 6.07) is 3.32. The minimum atomic E-state index is -3.88. The van der Waals surface area contributed by atoms with Crippen LogP contribution in [0.25, 0.3) is 0 Å². The number of carboxylic acids is 1. The number of carboxylic acid groups (broad SMARTS) is 1. The van der Waals surface area contributed by atoms with Gasteiger partial charge in [0.05, 0.1) is 0 Å². The largest absolute Gasteiger partial charge is 0.480 e. The predicted octanol–water partition coefficient (Wildman–Crippen LogP) is 0.525. The van der Waals surface area contributed by atoms with Gasteiger partial charge in [0, 0.05) is 5.69 Å². The molecule has 0 saturated carbocycles. The van der Waals surface area contributed by atoms with Crippen LogP contribution in [-0.2, 0) is 14.8 Å². The van der Waals surface area contributed by atoms with E-state index < -0.39 is 21.7 Å². The summed E-state index contributed by atoms with van der Waals surface area (Å²) in [6.07, 6.45) is 0. The Balaban J connectivity index is 2.92. The van der Waals surface area contributed by atoms with E-state index in [-0.39, 0.29) is 5.82 Å². The summed E-state index contributed by atoms with van der Waals surface area (Å²) in [5, 5.41) is 8.40. The van der Waals surface area contributed by atoms with Crippen molar-refractivity contribution in [1.82, 2.24) is 4.98 Å². The molecule has 1 heterocycles. The minimum absolute atomic E-state index is 0.138. The molecule has 0 saturated heterocycles. The molecule has 0 fully saturated rings. The van der Waals surface area contributed by atoms with Crippen molar-refractivity contribution < 1.29 is 18.3 Å². The maximum absolute atomic E-state index is 11.3. The zero-order valence-corrected chi connectivity index (χ0v) is 9.71. The molecule has 1 aromatic heterocycles. The standard InChI is InChI=1S/C9H12N2O4S/c1-6-3-7(2)10-8(4-6)11-16(14,15)5-9(12)13/h3-4H,5H2,1-2H3,(H,10,11)(H,12,13). The molecule has 0 unspecified atom stereocenters. The summed E-state index contributed by atoms with van der Waals surface area (Å²) >= 11 is 0. The molecule has 0 spiro atoms. The van der Waals surface area contributed by atoms with Crippen LogP contribution in [-0.4, -0.2) is 30.2 Å². The van der Waals surface area contributed by atoms with Crippen LogP contribution < -0.4 is 4.72 Å². The van der Waals surface area contributed by atoms with Crippen molar-refractivity contribution in [1.29, 1.82) is 0 Å². The highest BCUT2D eigenvalue weighted by Gasteiger charge is 2.16. The van der Waals surface area contributed by atoms with Gasteiger partial charge in [-0.05, 0) is 31.5 Å². The lowest BCUT2D eigenvalue weighted by Crippen LogP contribution is -2.23. The lowest BCUT2D eigenvalue weighted by molar-refractivity contribution is -0.134. The van der Waals surface area contributed by atoms with Gasteiger partial charge in [-0.3, -0.25) is 9.52 Å². The summed E-state index contributed by atoms with van der Waals surface area (Å²) in [7, 11) is -3.88. The Morgan fingerprint density at radius 3 is 2.56 bits per heavy atom. The average Bonchev–Trinajstić information content (AvgIpc) is 1.95. The first kappa shape index (κ1) is 12.4. The van der Waals surface area contributed by atoms with E-state index in [1.165, 1.54) is 6.07 Å². The molecule has 88 valence electrons. The molecule has 0 aliphatic carbocycles. The van der Waals surface area contributed by atoms with Gasteiger partial charge in [0.1, 0.15) is 5.82 Å². The number of nitrogens with one attached hydrogen (secondary N) is 1. The lowest BCUT2D eigenvalue weighted by Gasteiger charge is -2.06. The normalized spacial score (nSPS) is 11.1. The van der Waals surface area contributed by atoms with Crippen molar-refractivity contribution in [3.63, 3.8) is 0 Å². The number of carbonyl (C=O) groups is 1. The highest BCUT2D eigenvalue weighted by Crippen LogP contribution is 2.10. The first-order chi connectivity index (χ1) is 7.28. The lowest BCUT2D eigenvalue weighted by atomic mass is 10.2. The van der Waals surface area contributed by atoms with E-state index in [1.54, 1.807) is 19.9 Å². The quantitative estimate of drug-likeness (QED) is 0.805. The second kappa shape index (κ2) is 4.48. The van der Waals surface area contributed by atoms with Crippen LogP contribution in [0, 0.1) is 13.8 Å². The molecule has 0 atom stereocenters. The van der Waals surface area contributed by atoms with Crippen LogP contribution in [0.1, 0.15) is 11.3 Å². The van der Waals surface area contributed by atoms with Gasteiger partial charge in [0.15, 0.2) is 5.75 Å². The fourth-order valence-corrected chi connectivity index (χ4v) is 2.07. The zero-order valence-electron chi connectivity index (χ0n) is 8.89. The molecular weight excluding hydrogens is 232 g/mol. The van der Waals surface area contributed by atoms with Gasteiger partial charge in [0.2, 0.25) is 10.0 Å². The summed E-state index contributed by atoms with van der Waals surface area (Å²) in [4.78, 5) is 14.2. The number of aliphatic carboxylic acids is 1. The molecule has 0 aliphatic rings. The van der Waals surface area contributed by atoms with Crippen LogP contribution in [0.3, 0.4) is 0 Å². The van der Waals surface area contributed by atoms with Gasteiger partial charge in [0.25, 0.3) is 0 Å². The number of hydrogen-bond donors (Lipinski definition) is 2. The van der Waals surface area contributed by atoms with E-state index in [9.17, 15) is 13.2 Å². The molecule has 1 aromatic rings. The van der Waals surface area contributed by atoms with E-state index in [1.807, 2.05) is 0 Å². The number of hydrogen-bond acceptors (Lipinski definition) is 4. The number of aryl methyl sites for hydroxylation is 2. The van der Waals surface area contributed by atoms with Gasteiger partial charge in [-0.25, -0.2) is 13.4 Å². The van der Waals surface area contributed by atoms with Gasteiger partial charge in [-0.15, -0.1) is 0 Å². The van der Waals surface area contributed by atoms with Crippen LogP contribution >= 0.6 is 0 Å². The Bertz CT molecular complexity index is 490. The van der Waals surface area contributed by atoms with E-state index in [4.69, 9.17) is 5.11 Å². The highest BCUT2D eigenvalue weighted by atomic mass is 32.2. The second-order valence-electron chi connectivity index (χ2n) is 3.43. The molecule has 6 nitrogen and oxygen atoms in total. The third kappa shape index (κ3) is 3.85. The maximum Gasteiger partial charge on any atom is 0.320 e. The SMILES string of the molecule is Cc1cc(C)nc(NS(=O)(=O)CC(=O)O)c1. The number of rotatable bonds is 4. The van der Waals surface area contributed by atoms with Gasteiger partial charge in [-0.1, -0.05) is 0 Å². The Morgan fingerprint density at radius 2 is 2.06 bits per heavy atom. The third-order valence-corrected chi connectivity index (χ3v) is 2.82. The molecule has 7 heteroatoms. The van der Waals surface area contributed by atoms with Crippen LogP contribution in [0.2, 0.25) is 0 Å². The van der Waals surface area contributed by atoms with E-state index >= 15 is 0 Å². The highest BCUT2D eigenvalue weighted by molar-refractivity contribution is 7.93. The van der Waals surface area contributed by atoms with Crippen LogP contribution in [0.15, 0.2) is 12.1 Å². The Kier molecular flexibility index (Phi) is 3.48. The molecule has 0 radical (unpaired) electrons. The summed E-state index contributed by atoms with van der Waals surface area (Å²) in [5.41, 5.74) is 1.51. The first-order valence-corrected chi connectivity index (χ1v) is 6.11. The molecule has 0 aliphatic heterocycles. The Hall–Kier alpha value is -1.63. The summed E-state index contributed by atoms with van der Waals surface area (Å²) in [5.74, 6) is -2.24. The van der Waals surface area contributed by atoms with Gasteiger partial charge in [-0.2, -0.15) is 0 Å². The topological polar surface area (TPSA) is 96.4 Å². The average molecular weight is 244 g/mol. The molecule has 0 aromatic carbocycles. The molecule has 0 bridgehead atoms. The van der Waals surface area contributed by atoms with Crippen molar-refractivity contribution in [2.24, 2.45) is 0 Å². The summed E-state index contributed by atoms with van der Waals surface area (Å²) < 4.78 is 24.7. The van der Waals surface area contributed by atoms with Crippen LogP contribution in [0.5, 0.6) is 0 Å². The Labute approximate surface area is 93.4 Å². The third-order valence-electron chi connectivity index (χ3n) is 1.67. The molecule has 2 N–H and O–H groups in total. The zero-order chi connectivity index (χ0) is 12.3.